The van der Waals surface area contributed by atoms with Gasteiger partial charge in [0.15, 0.2) is 0 Å². The van der Waals surface area contributed by atoms with Crippen LogP contribution in [-0.4, -0.2) is 71.8 Å². The average Bonchev–Trinajstić information content (AvgIpc) is 3.04. The summed E-state index contributed by atoms with van der Waals surface area (Å²) in [4.78, 5) is 30.2. The summed E-state index contributed by atoms with van der Waals surface area (Å²) in [7, 11) is 0. The highest BCUT2D eigenvalue weighted by atomic mass is 19.1. The van der Waals surface area contributed by atoms with E-state index in [4.69, 9.17) is 4.74 Å². The highest BCUT2D eigenvalue weighted by Gasteiger charge is 2.42. The third-order valence-electron chi connectivity index (χ3n) is 6.46. The summed E-state index contributed by atoms with van der Waals surface area (Å²) in [6.07, 6.45) is 0.207. The van der Waals surface area contributed by atoms with Crippen LogP contribution < -0.4 is 4.90 Å². The van der Waals surface area contributed by atoms with Crippen LogP contribution in [0.4, 0.5) is 19.3 Å². The van der Waals surface area contributed by atoms with E-state index in [1.54, 1.807) is 21.9 Å². The third-order valence-corrected chi connectivity index (χ3v) is 6.46. The first-order valence-corrected chi connectivity index (χ1v) is 11.1. The predicted molar refractivity (Wildman–Crippen MR) is 113 cm³/mol. The van der Waals surface area contributed by atoms with E-state index in [0.29, 0.717) is 50.3 Å². The number of ether oxygens (including phenoxy) is 1. The predicted octanol–water partition coefficient (Wildman–Crippen LogP) is 3.53. The van der Waals surface area contributed by atoms with Gasteiger partial charge in [-0.25, -0.2) is 13.6 Å². The van der Waals surface area contributed by atoms with Crippen LogP contribution in [0.3, 0.4) is 0 Å². The van der Waals surface area contributed by atoms with Crippen molar-refractivity contribution in [3.8, 4) is 0 Å². The summed E-state index contributed by atoms with van der Waals surface area (Å²) in [5.74, 6) is -0.525. The number of nitrogens with zero attached hydrogens (tertiary/aromatic N) is 3. The molecule has 6 nitrogen and oxygen atoms in total. The van der Waals surface area contributed by atoms with Gasteiger partial charge in [-0.1, -0.05) is 6.07 Å². The molecule has 0 unspecified atom stereocenters. The molecule has 3 atom stereocenters. The van der Waals surface area contributed by atoms with Gasteiger partial charge in [-0.15, -0.1) is 0 Å². The van der Waals surface area contributed by atoms with E-state index < -0.39 is 11.8 Å². The summed E-state index contributed by atoms with van der Waals surface area (Å²) in [6.45, 7) is 7.75. The van der Waals surface area contributed by atoms with Crippen molar-refractivity contribution in [1.29, 1.82) is 0 Å². The fourth-order valence-corrected chi connectivity index (χ4v) is 5.01. The lowest BCUT2D eigenvalue weighted by molar-refractivity contribution is -0.118. The molecule has 170 valence electrons. The molecule has 2 heterocycles. The molecule has 2 aliphatic heterocycles. The summed E-state index contributed by atoms with van der Waals surface area (Å²) in [6, 6.07) is 4.24. The Kier molecular flexibility index (Phi) is 5.94. The van der Waals surface area contributed by atoms with Crippen LogP contribution in [0.5, 0.6) is 0 Å². The fraction of sp³-hybridized carbons (Fsp3) is 0.652. The monoisotopic (exact) mass is 435 g/mol. The topological polar surface area (TPSA) is 53.1 Å². The second kappa shape index (κ2) is 8.37. The number of rotatable bonds is 2. The first kappa shape index (κ1) is 22.0. The van der Waals surface area contributed by atoms with Crippen LogP contribution in [0, 0.1) is 5.82 Å². The van der Waals surface area contributed by atoms with Gasteiger partial charge in [-0.3, -0.25) is 9.69 Å². The van der Waals surface area contributed by atoms with E-state index in [9.17, 15) is 14.0 Å². The second-order valence-corrected chi connectivity index (χ2v) is 9.73. The minimum absolute atomic E-state index is 0.0471. The third kappa shape index (κ3) is 4.54. The molecular weight excluding hydrogens is 404 g/mol. The molecule has 0 N–H and O–H groups in total. The van der Waals surface area contributed by atoms with Gasteiger partial charge in [-0.05, 0) is 45.7 Å². The molecule has 3 aliphatic rings. The molecule has 31 heavy (non-hydrogen) atoms. The lowest BCUT2D eigenvalue weighted by Crippen LogP contribution is -2.57. The van der Waals surface area contributed by atoms with Crippen LogP contribution in [0.2, 0.25) is 0 Å². The van der Waals surface area contributed by atoms with Crippen molar-refractivity contribution in [2.24, 2.45) is 0 Å². The molecule has 1 saturated carbocycles. The maximum Gasteiger partial charge on any atom is 0.410 e. The number of benzene rings is 1. The Hall–Kier alpha value is -2.22. The van der Waals surface area contributed by atoms with Crippen molar-refractivity contribution in [1.82, 2.24) is 9.80 Å². The SMILES string of the molecule is CC(C)(C)OC(=O)N1CCN([C@@H]2CC[C@@H](N3C(=O)Cc4c(F)cccc43)C[C@@H]2F)CC1. The van der Waals surface area contributed by atoms with Gasteiger partial charge in [0.25, 0.3) is 0 Å². The minimum atomic E-state index is -1.07. The van der Waals surface area contributed by atoms with Gasteiger partial charge in [0.1, 0.15) is 17.6 Å². The maximum absolute atomic E-state index is 15.2. The average molecular weight is 436 g/mol. The molecule has 0 bridgehead atoms. The largest absolute Gasteiger partial charge is 0.444 e. The van der Waals surface area contributed by atoms with E-state index in [0.717, 1.165) is 0 Å². The van der Waals surface area contributed by atoms with Crippen LogP contribution in [-0.2, 0) is 16.0 Å². The first-order valence-electron chi connectivity index (χ1n) is 11.1. The first-order chi connectivity index (χ1) is 14.6. The summed E-state index contributed by atoms with van der Waals surface area (Å²) in [5, 5.41) is 0. The smallest absolute Gasteiger partial charge is 0.410 e. The number of carbonyl (C=O) groups excluding carboxylic acids is 2. The van der Waals surface area contributed by atoms with Gasteiger partial charge < -0.3 is 14.5 Å². The Morgan fingerprint density at radius 2 is 1.84 bits per heavy atom. The molecule has 2 amide bonds. The van der Waals surface area contributed by atoms with Crippen molar-refractivity contribution < 1.29 is 23.1 Å². The molecule has 4 rings (SSSR count). The molecule has 1 aromatic carbocycles. The molecule has 1 saturated heterocycles. The van der Waals surface area contributed by atoms with Crippen molar-refractivity contribution >= 4 is 17.7 Å². The standard InChI is InChI=1S/C23H31F2N3O3/c1-23(2,3)31-22(30)27-11-9-26(10-12-27)20-8-7-15(13-18(20)25)28-19-6-4-5-17(24)16(19)14-21(28)29/h4-6,15,18,20H,7-14H2,1-3H3/t15-,18+,20-/m1/s1. The van der Waals surface area contributed by atoms with Gasteiger partial charge in [0, 0.05) is 50.2 Å². The molecule has 1 aliphatic carbocycles. The number of fused-ring (bicyclic) bond motifs is 1. The van der Waals surface area contributed by atoms with Gasteiger partial charge in [-0.2, -0.15) is 0 Å². The van der Waals surface area contributed by atoms with E-state index in [1.165, 1.54) is 6.07 Å². The Labute approximate surface area is 182 Å². The van der Waals surface area contributed by atoms with Crippen LogP contribution >= 0.6 is 0 Å². The molecule has 0 radical (unpaired) electrons. The van der Waals surface area contributed by atoms with Crippen LogP contribution in [0.1, 0.15) is 45.6 Å². The molecule has 2 fully saturated rings. The molecular formula is C23H31F2N3O3. The number of hydrogen-bond acceptors (Lipinski definition) is 4. The van der Waals surface area contributed by atoms with Crippen LogP contribution in [0.15, 0.2) is 18.2 Å². The molecule has 0 spiro atoms. The molecule has 0 aromatic heterocycles. The second-order valence-electron chi connectivity index (χ2n) is 9.73. The molecule has 8 heteroatoms. The highest BCUT2D eigenvalue weighted by molar-refractivity contribution is 6.02. The number of alkyl halides is 1. The maximum atomic E-state index is 15.2. The van der Waals surface area contributed by atoms with Crippen molar-refractivity contribution in [3.63, 3.8) is 0 Å². The number of hydrogen-bond donors (Lipinski definition) is 0. The summed E-state index contributed by atoms with van der Waals surface area (Å²) in [5.41, 5.74) is 0.473. The zero-order valence-corrected chi connectivity index (χ0v) is 18.4. The van der Waals surface area contributed by atoms with Crippen LogP contribution in [0.25, 0.3) is 0 Å². The summed E-state index contributed by atoms with van der Waals surface area (Å²) < 4.78 is 34.7. The zero-order valence-electron chi connectivity index (χ0n) is 18.4. The minimum Gasteiger partial charge on any atom is -0.444 e. The quantitative estimate of drug-likeness (QED) is 0.713. The summed E-state index contributed by atoms with van der Waals surface area (Å²) >= 11 is 0. The van der Waals surface area contributed by atoms with E-state index in [2.05, 4.69) is 4.90 Å². The van der Waals surface area contributed by atoms with E-state index >= 15 is 4.39 Å². The van der Waals surface area contributed by atoms with Gasteiger partial charge in [0.05, 0.1) is 12.1 Å². The Balaban J connectivity index is 1.34. The normalized spacial score (nSPS) is 27.4. The number of halogens is 2. The number of amides is 2. The highest BCUT2D eigenvalue weighted by Crippen LogP contribution is 2.38. The Morgan fingerprint density at radius 1 is 1.13 bits per heavy atom. The van der Waals surface area contributed by atoms with Gasteiger partial charge >= 0.3 is 6.09 Å². The zero-order chi connectivity index (χ0) is 22.3. The Bertz CT molecular complexity index is 849. The van der Waals surface area contributed by atoms with Crippen molar-refractivity contribution in [2.45, 2.75) is 70.3 Å². The fourth-order valence-electron chi connectivity index (χ4n) is 5.01. The lowest BCUT2D eigenvalue weighted by atomic mass is 9.87. The molecule has 1 aromatic rings. The van der Waals surface area contributed by atoms with Gasteiger partial charge in [0.2, 0.25) is 5.91 Å². The lowest BCUT2D eigenvalue weighted by Gasteiger charge is -2.44. The number of carbonyl (C=O) groups is 2. The van der Waals surface area contributed by atoms with E-state index in [-0.39, 0.29) is 42.7 Å². The van der Waals surface area contributed by atoms with Crippen molar-refractivity contribution in [2.75, 3.05) is 31.1 Å². The number of anilines is 1. The number of piperazine rings is 1. The van der Waals surface area contributed by atoms with Crippen molar-refractivity contribution in [3.05, 3.63) is 29.6 Å². The Morgan fingerprint density at radius 3 is 2.48 bits per heavy atom. The van der Waals surface area contributed by atoms with E-state index in [1.807, 2.05) is 20.8 Å².